The molecular formula is C19H15NO5S2. The molecule has 1 aliphatic rings. The highest BCUT2D eigenvalue weighted by Crippen LogP contribution is 2.23. The molecule has 3 rings (SSSR count). The molecule has 0 atom stereocenters. The van der Waals surface area contributed by atoms with Crippen molar-refractivity contribution in [1.29, 1.82) is 0 Å². The molecule has 0 heterocycles. The molecule has 138 valence electrons. The Morgan fingerprint density at radius 3 is 2.04 bits per heavy atom. The number of benzene rings is 2. The first-order chi connectivity index (χ1) is 12.7. The van der Waals surface area contributed by atoms with Crippen LogP contribution in [0.25, 0.3) is 0 Å². The lowest BCUT2D eigenvalue weighted by atomic mass is 10.2. The Hall–Kier alpha value is -2.84. The van der Waals surface area contributed by atoms with Crippen LogP contribution in [0.1, 0.15) is 5.56 Å². The van der Waals surface area contributed by atoms with E-state index < -0.39 is 30.5 Å². The molecular weight excluding hydrogens is 386 g/mol. The first kappa shape index (κ1) is 18.9. The van der Waals surface area contributed by atoms with E-state index in [1.165, 1.54) is 30.3 Å². The Bertz CT molecular complexity index is 1190. The van der Waals surface area contributed by atoms with Crippen molar-refractivity contribution in [2.75, 3.05) is 0 Å². The number of ketones is 1. The zero-order valence-corrected chi connectivity index (χ0v) is 15.9. The van der Waals surface area contributed by atoms with Crippen LogP contribution in [0.15, 0.2) is 91.9 Å². The van der Waals surface area contributed by atoms with Crippen molar-refractivity contribution in [3.63, 3.8) is 0 Å². The van der Waals surface area contributed by atoms with Crippen molar-refractivity contribution in [2.45, 2.75) is 16.7 Å². The van der Waals surface area contributed by atoms with E-state index in [2.05, 4.69) is 4.40 Å². The maximum atomic E-state index is 12.8. The van der Waals surface area contributed by atoms with Crippen molar-refractivity contribution >= 4 is 31.4 Å². The van der Waals surface area contributed by atoms with Gasteiger partial charge >= 0.3 is 0 Å². The highest BCUT2D eigenvalue weighted by Gasteiger charge is 2.28. The molecule has 0 saturated heterocycles. The van der Waals surface area contributed by atoms with Crippen LogP contribution in [0.5, 0.6) is 0 Å². The molecule has 0 N–H and O–H groups in total. The largest absolute Gasteiger partial charge is 0.288 e. The van der Waals surface area contributed by atoms with Gasteiger partial charge in [0.1, 0.15) is 4.91 Å². The quantitative estimate of drug-likeness (QED) is 0.734. The Morgan fingerprint density at radius 1 is 0.778 bits per heavy atom. The fourth-order valence-corrected chi connectivity index (χ4v) is 4.75. The molecule has 0 aliphatic heterocycles. The van der Waals surface area contributed by atoms with E-state index in [1.807, 2.05) is 6.92 Å². The topological polar surface area (TPSA) is 97.7 Å². The molecule has 2 aromatic rings. The number of allylic oxidation sites excluding steroid dienone is 4. The minimum absolute atomic E-state index is 0.0286. The zero-order valence-electron chi connectivity index (χ0n) is 14.2. The highest BCUT2D eigenvalue weighted by molar-refractivity contribution is 7.96. The highest BCUT2D eigenvalue weighted by atomic mass is 32.2. The maximum Gasteiger partial charge on any atom is 0.282 e. The van der Waals surface area contributed by atoms with E-state index in [1.54, 1.807) is 30.3 Å². The van der Waals surface area contributed by atoms with E-state index >= 15 is 0 Å². The predicted molar refractivity (Wildman–Crippen MR) is 102 cm³/mol. The minimum Gasteiger partial charge on any atom is -0.288 e. The van der Waals surface area contributed by atoms with Crippen LogP contribution >= 0.6 is 0 Å². The van der Waals surface area contributed by atoms with Crippen molar-refractivity contribution in [3.05, 3.63) is 83.3 Å². The van der Waals surface area contributed by atoms with Gasteiger partial charge in [-0.1, -0.05) is 35.9 Å². The van der Waals surface area contributed by atoms with E-state index in [0.717, 1.165) is 17.7 Å². The number of rotatable bonds is 4. The average molecular weight is 401 g/mol. The lowest BCUT2D eigenvalue weighted by Crippen LogP contribution is -2.17. The van der Waals surface area contributed by atoms with Crippen LogP contribution < -0.4 is 0 Å². The van der Waals surface area contributed by atoms with Crippen LogP contribution in [-0.2, 0) is 24.7 Å². The predicted octanol–water partition coefficient (Wildman–Crippen LogP) is 2.62. The molecule has 0 spiro atoms. The van der Waals surface area contributed by atoms with Gasteiger partial charge in [0.2, 0.25) is 9.84 Å². The summed E-state index contributed by atoms with van der Waals surface area (Å²) in [5.74, 6) is -0.730. The van der Waals surface area contributed by atoms with Crippen LogP contribution in [0, 0.1) is 6.92 Å². The second-order valence-electron chi connectivity index (χ2n) is 5.83. The number of sulfone groups is 1. The van der Waals surface area contributed by atoms with Gasteiger partial charge in [-0.3, -0.25) is 4.79 Å². The number of hydrogen-bond acceptors (Lipinski definition) is 5. The summed E-state index contributed by atoms with van der Waals surface area (Å²) in [7, 11) is -8.13. The summed E-state index contributed by atoms with van der Waals surface area (Å²) in [6.07, 6.45) is 3.16. The maximum absolute atomic E-state index is 12.8. The third-order valence-electron chi connectivity index (χ3n) is 3.81. The first-order valence-electron chi connectivity index (χ1n) is 7.86. The van der Waals surface area contributed by atoms with Gasteiger partial charge in [-0.25, -0.2) is 8.42 Å². The van der Waals surface area contributed by atoms with Gasteiger partial charge in [0, 0.05) is 0 Å². The number of sulfonamides is 1. The second kappa shape index (κ2) is 7.05. The molecule has 0 unspecified atom stereocenters. The van der Waals surface area contributed by atoms with Crippen molar-refractivity contribution < 1.29 is 21.6 Å². The summed E-state index contributed by atoms with van der Waals surface area (Å²) in [4.78, 5) is 11.5. The van der Waals surface area contributed by atoms with Crippen molar-refractivity contribution in [2.24, 2.45) is 4.40 Å². The molecule has 27 heavy (non-hydrogen) atoms. The number of carbonyl (C=O) groups is 1. The van der Waals surface area contributed by atoms with E-state index in [9.17, 15) is 21.6 Å². The molecule has 6 nitrogen and oxygen atoms in total. The molecule has 0 aromatic heterocycles. The van der Waals surface area contributed by atoms with E-state index in [0.29, 0.717) is 0 Å². The number of nitrogens with zero attached hydrogens (tertiary/aromatic N) is 1. The third kappa shape index (κ3) is 3.96. The van der Waals surface area contributed by atoms with Crippen LogP contribution in [-0.4, -0.2) is 28.3 Å². The SMILES string of the molecule is Cc1ccc(S(=O)(=O)C2=CC(=NS(=O)(=O)c3ccccc3)C=CC2=O)cc1. The van der Waals surface area contributed by atoms with Gasteiger partial charge in [0.05, 0.1) is 15.5 Å². The summed E-state index contributed by atoms with van der Waals surface area (Å²) in [6, 6.07) is 13.6. The molecule has 0 fully saturated rings. The zero-order chi connectivity index (χ0) is 19.7. The summed E-state index contributed by atoms with van der Waals surface area (Å²) >= 11 is 0. The molecule has 0 saturated carbocycles. The smallest absolute Gasteiger partial charge is 0.282 e. The third-order valence-corrected chi connectivity index (χ3v) is 6.92. The fraction of sp³-hybridized carbons (Fsp3) is 0.0526. The van der Waals surface area contributed by atoms with Gasteiger partial charge < -0.3 is 0 Å². The molecule has 0 amide bonds. The van der Waals surface area contributed by atoms with Gasteiger partial charge in [-0.15, -0.1) is 0 Å². The Kier molecular flexibility index (Phi) is 4.95. The van der Waals surface area contributed by atoms with Crippen molar-refractivity contribution in [3.8, 4) is 0 Å². The summed E-state index contributed by atoms with van der Waals surface area (Å²) in [6.45, 7) is 1.81. The number of hydrogen-bond donors (Lipinski definition) is 0. The molecule has 8 heteroatoms. The lowest BCUT2D eigenvalue weighted by Gasteiger charge is -2.10. The molecule has 0 bridgehead atoms. The van der Waals surface area contributed by atoms with Crippen LogP contribution in [0.2, 0.25) is 0 Å². The molecule has 0 radical (unpaired) electrons. The molecule has 2 aromatic carbocycles. The van der Waals surface area contributed by atoms with Gasteiger partial charge in [-0.2, -0.15) is 12.8 Å². The van der Waals surface area contributed by atoms with E-state index in [4.69, 9.17) is 0 Å². The Morgan fingerprint density at radius 2 is 1.41 bits per heavy atom. The lowest BCUT2D eigenvalue weighted by molar-refractivity contribution is -0.110. The molecule has 1 aliphatic carbocycles. The number of carbonyl (C=O) groups excluding carboxylic acids is 1. The second-order valence-corrected chi connectivity index (χ2v) is 9.35. The summed E-state index contributed by atoms with van der Waals surface area (Å²) in [5.41, 5.74) is 0.734. The van der Waals surface area contributed by atoms with Crippen LogP contribution in [0.4, 0.5) is 0 Å². The standard InChI is InChI=1S/C19H15NO5S2/c1-14-7-10-16(11-8-14)26(22,23)19-13-15(9-12-18(19)21)20-27(24,25)17-5-3-2-4-6-17/h2-13H,1H3. The minimum atomic E-state index is -4.10. The van der Waals surface area contributed by atoms with Gasteiger partial charge in [0.25, 0.3) is 10.0 Å². The number of aryl methyl sites for hydroxylation is 1. The van der Waals surface area contributed by atoms with Gasteiger partial charge in [0.15, 0.2) is 5.78 Å². The van der Waals surface area contributed by atoms with Gasteiger partial charge in [-0.05, 0) is 49.4 Å². The Labute approximate surface area is 157 Å². The fourth-order valence-electron chi connectivity index (χ4n) is 2.39. The van der Waals surface area contributed by atoms with E-state index in [-0.39, 0.29) is 15.5 Å². The summed E-state index contributed by atoms with van der Waals surface area (Å²) in [5, 5.41) is 0. The Balaban J connectivity index is 2.06. The normalized spacial score (nSPS) is 16.4. The monoisotopic (exact) mass is 401 g/mol. The summed E-state index contributed by atoms with van der Waals surface area (Å²) < 4.78 is 53.9. The average Bonchev–Trinajstić information content (AvgIpc) is 2.64. The first-order valence-corrected chi connectivity index (χ1v) is 10.8. The van der Waals surface area contributed by atoms with Crippen molar-refractivity contribution in [1.82, 2.24) is 0 Å². The van der Waals surface area contributed by atoms with Crippen LogP contribution in [0.3, 0.4) is 0 Å².